The Morgan fingerprint density at radius 1 is 0.688 bits per heavy atom. The van der Waals surface area contributed by atoms with Gasteiger partial charge in [-0.1, -0.05) is 90.1 Å². The van der Waals surface area contributed by atoms with Gasteiger partial charge < -0.3 is 0 Å². The maximum atomic E-state index is 4.41. The van der Waals surface area contributed by atoms with E-state index in [2.05, 4.69) is 107 Å². The van der Waals surface area contributed by atoms with Gasteiger partial charge in [-0.25, -0.2) is 0 Å². The van der Waals surface area contributed by atoms with Crippen LogP contribution in [0.2, 0.25) is 0 Å². The Labute approximate surface area is 194 Å². The molecule has 0 radical (unpaired) electrons. The minimum Gasteiger partial charge on any atom is -0.268 e. The maximum absolute atomic E-state index is 4.41. The molecule has 0 unspecified atom stereocenters. The second kappa shape index (κ2) is 12.2. The van der Waals surface area contributed by atoms with Crippen LogP contribution in [-0.4, -0.2) is 14.8 Å². The highest BCUT2D eigenvalue weighted by atomic mass is 15.3. The molecule has 0 bridgehead atoms. The number of benzene rings is 2. The van der Waals surface area contributed by atoms with Gasteiger partial charge in [0.15, 0.2) is 0 Å². The number of rotatable bonds is 3. The minimum atomic E-state index is 0.578. The summed E-state index contributed by atoms with van der Waals surface area (Å²) in [6.07, 6.45) is 3.70. The molecule has 4 aromatic rings. The average Bonchev–Trinajstić information content (AvgIpc) is 3.08. The molecule has 2 aromatic carbocycles. The molecule has 0 aliphatic heterocycles. The number of fused-ring (bicyclic) bond motifs is 1. The fraction of sp³-hybridized carbons (Fsp3) is 0.379. The lowest BCUT2D eigenvalue weighted by molar-refractivity contribution is 0.781. The Morgan fingerprint density at radius 2 is 1.28 bits per heavy atom. The summed E-state index contributed by atoms with van der Waals surface area (Å²) >= 11 is 0. The highest BCUT2D eigenvalue weighted by Gasteiger charge is 2.06. The van der Waals surface area contributed by atoms with Crippen molar-refractivity contribution in [1.29, 1.82) is 0 Å². The third-order valence-electron chi connectivity index (χ3n) is 5.54. The van der Waals surface area contributed by atoms with Crippen LogP contribution in [0.3, 0.4) is 0 Å². The molecule has 2 heterocycles. The van der Waals surface area contributed by atoms with Crippen molar-refractivity contribution >= 4 is 10.9 Å². The summed E-state index contributed by atoms with van der Waals surface area (Å²) in [6.45, 7) is 15.2. The zero-order chi connectivity index (χ0) is 23.7. The molecular weight excluding hydrogens is 390 g/mol. The van der Waals surface area contributed by atoms with Crippen molar-refractivity contribution in [2.24, 2.45) is 7.05 Å². The van der Waals surface area contributed by atoms with Gasteiger partial charge in [-0.15, -0.1) is 0 Å². The number of aryl methyl sites for hydroxylation is 2. The molecular formula is C29H39N3. The van der Waals surface area contributed by atoms with Crippen LogP contribution in [0, 0.1) is 6.92 Å². The predicted octanol–water partition coefficient (Wildman–Crippen LogP) is 8.02. The van der Waals surface area contributed by atoms with Crippen molar-refractivity contribution in [3.05, 3.63) is 95.4 Å². The maximum Gasteiger partial charge on any atom is 0.0684 e. The summed E-state index contributed by atoms with van der Waals surface area (Å²) in [7, 11) is 2.00. The largest absolute Gasteiger partial charge is 0.268 e. The molecule has 0 atom stereocenters. The molecule has 3 heteroatoms. The molecule has 170 valence electrons. The number of pyridine rings is 1. The van der Waals surface area contributed by atoms with E-state index in [-0.39, 0.29) is 0 Å². The van der Waals surface area contributed by atoms with Crippen LogP contribution < -0.4 is 0 Å². The van der Waals surface area contributed by atoms with Gasteiger partial charge in [-0.2, -0.15) is 5.10 Å². The van der Waals surface area contributed by atoms with E-state index in [1.165, 1.54) is 27.6 Å². The Bertz CT molecular complexity index is 1020. The first kappa shape index (κ1) is 25.3. The zero-order valence-corrected chi connectivity index (χ0v) is 21.0. The second-order valence-corrected chi connectivity index (χ2v) is 9.15. The van der Waals surface area contributed by atoms with Gasteiger partial charge in [0.05, 0.1) is 11.2 Å². The van der Waals surface area contributed by atoms with E-state index in [9.17, 15) is 0 Å². The molecule has 0 aliphatic carbocycles. The van der Waals surface area contributed by atoms with Crippen LogP contribution in [0.4, 0.5) is 0 Å². The summed E-state index contributed by atoms with van der Waals surface area (Å²) in [5.41, 5.74) is 6.43. The molecule has 0 saturated heterocycles. The van der Waals surface area contributed by atoms with Crippen LogP contribution in [0.25, 0.3) is 10.9 Å². The summed E-state index contributed by atoms with van der Waals surface area (Å²) < 4.78 is 1.95. The van der Waals surface area contributed by atoms with Crippen molar-refractivity contribution in [2.75, 3.05) is 0 Å². The van der Waals surface area contributed by atoms with Crippen LogP contribution in [0.1, 0.15) is 81.7 Å². The van der Waals surface area contributed by atoms with Crippen molar-refractivity contribution in [3.8, 4) is 0 Å². The van der Waals surface area contributed by atoms with Crippen molar-refractivity contribution in [2.45, 2.75) is 66.2 Å². The number of hydrogen-bond acceptors (Lipinski definition) is 2. The first-order valence-electron chi connectivity index (χ1n) is 11.6. The van der Waals surface area contributed by atoms with Crippen molar-refractivity contribution in [1.82, 2.24) is 14.8 Å². The SMILES string of the molecule is CC(C)c1ccccc1.CC(C)c1cccnc1.Cc1nn(C)c2cc(C(C)C)ccc12. The molecule has 0 N–H and O–H groups in total. The van der Waals surface area contributed by atoms with Gasteiger partial charge in [0, 0.05) is 24.8 Å². The Kier molecular flexibility index (Phi) is 9.64. The molecule has 0 fully saturated rings. The summed E-state index contributed by atoms with van der Waals surface area (Å²) in [6, 6.07) is 21.2. The lowest BCUT2D eigenvalue weighted by Crippen LogP contribution is -1.91. The minimum absolute atomic E-state index is 0.578. The van der Waals surface area contributed by atoms with Gasteiger partial charge in [-0.05, 0) is 53.5 Å². The number of aromatic nitrogens is 3. The molecule has 0 saturated carbocycles. The topological polar surface area (TPSA) is 30.7 Å². The monoisotopic (exact) mass is 429 g/mol. The van der Waals surface area contributed by atoms with Gasteiger partial charge in [0.25, 0.3) is 0 Å². The predicted molar refractivity (Wildman–Crippen MR) is 138 cm³/mol. The van der Waals surface area contributed by atoms with Gasteiger partial charge >= 0.3 is 0 Å². The van der Waals surface area contributed by atoms with Crippen molar-refractivity contribution in [3.63, 3.8) is 0 Å². The van der Waals surface area contributed by atoms with E-state index in [0.717, 1.165) is 5.69 Å². The molecule has 2 aromatic heterocycles. The Hall–Kier alpha value is -2.94. The molecule has 0 aliphatic rings. The Balaban J connectivity index is 0.000000178. The van der Waals surface area contributed by atoms with E-state index in [0.29, 0.717) is 17.8 Å². The number of hydrogen-bond donors (Lipinski definition) is 0. The first-order chi connectivity index (χ1) is 15.2. The van der Waals surface area contributed by atoms with E-state index < -0.39 is 0 Å². The van der Waals surface area contributed by atoms with Crippen LogP contribution in [-0.2, 0) is 7.05 Å². The standard InChI is InChI=1S/C12H16N2.C9H12.C8H11N/c1-8(2)10-5-6-11-9(3)13-14(4)12(11)7-10;1-8(2)9-6-4-3-5-7-9;1-7(2)8-4-3-5-9-6-8/h5-8H,1-4H3;3-8H,1-2H3;3-7H,1-2H3. The van der Waals surface area contributed by atoms with E-state index in [1.54, 1.807) is 6.20 Å². The van der Waals surface area contributed by atoms with Crippen LogP contribution >= 0.6 is 0 Å². The highest BCUT2D eigenvalue weighted by Crippen LogP contribution is 2.22. The summed E-state index contributed by atoms with van der Waals surface area (Å²) in [4.78, 5) is 4.01. The van der Waals surface area contributed by atoms with E-state index in [4.69, 9.17) is 0 Å². The summed E-state index contributed by atoms with van der Waals surface area (Å²) in [5.74, 6) is 1.83. The normalized spacial score (nSPS) is 10.7. The van der Waals surface area contributed by atoms with Crippen LogP contribution in [0.15, 0.2) is 73.1 Å². The molecule has 4 rings (SSSR count). The highest BCUT2D eigenvalue weighted by molar-refractivity contribution is 5.82. The quantitative estimate of drug-likeness (QED) is 0.330. The fourth-order valence-electron chi connectivity index (χ4n) is 3.37. The molecule has 0 amide bonds. The molecule has 3 nitrogen and oxygen atoms in total. The first-order valence-corrected chi connectivity index (χ1v) is 11.6. The van der Waals surface area contributed by atoms with Crippen molar-refractivity contribution < 1.29 is 0 Å². The smallest absolute Gasteiger partial charge is 0.0684 e. The zero-order valence-electron chi connectivity index (χ0n) is 21.0. The fourth-order valence-corrected chi connectivity index (χ4v) is 3.37. The lowest BCUT2D eigenvalue weighted by atomic mass is 10.0. The lowest BCUT2D eigenvalue weighted by Gasteiger charge is -2.05. The van der Waals surface area contributed by atoms with E-state index in [1.807, 2.05) is 30.1 Å². The third kappa shape index (κ3) is 7.33. The van der Waals surface area contributed by atoms with Gasteiger partial charge in [0.2, 0.25) is 0 Å². The molecule has 0 spiro atoms. The molecule has 32 heavy (non-hydrogen) atoms. The van der Waals surface area contributed by atoms with E-state index >= 15 is 0 Å². The average molecular weight is 430 g/mol. The Morgan fingerprint density at radius 3 is 1.75 bits per heavy atom. The number of nitrogens with zero attached hydrogens (tertiary/aromatic N) is 3. The van der Waals surface area contributed by atoms with Crippen LogP contribution in [0.5, 0.6) is 0 Å². The van der Waals surface area contributed by atoms with Gasteiger partial charge in [0.1, 0.15) is 0 Å². The summed E-state index contributed by atoms with van der Waals surface area (Å²) in [5, 5.41) is 5.67. The third-order valence-corrected chi connectivity index (χ3v) is 5.54. The van der Waals surface area contributed by atoms with Gasteiger partial charge in [-0.3, -0.25) is 9.67 Å². The second-order valence-electron chi connectivity index (χ2n) is 9.15.